The van der Waals surface area contributed by atoms with Gasteiger partial charge >= 0.3 is 0 Å². The number of ketones is 1. The molecule has 0 saturated heterocycles. The summed E-state index contributed by atoms with van der Waals surface area (Å²) in [5.41, 5.74) is 2.82. The van der Waals surface area contributed by atoms with Crippen molar-refractivity contribution in [3.63, 3.8) is 0 Å². The Kier molecular flexibility index (Phi) is 1.95. The van der Waals surface area contributed by atoms with Crippen molar-refractivity contribution in [2.24, 2.45) is 0 Å². The Morgan fingerprint density at radius 3 is 2.62 bits per heavy atom. The minimum atomic E-state index is -2.97. The van der Waals surface area contributed by atoms with Gasteiger partial charge in [0.25, 0.3) is 0 Å². The van der Waals surface area contributed by atoms with Crippen LogP contribution in [0.4, 0.5) is 11.4 Å². The molecule has 0 atom stereocenters. The van der Waals surface area contributed by atoms with Crippen molar-refractivity contribution in [2.45, 2.75) is 12.8 Å². The minimum Gasteiger partial charge on any atom is -0.294 e. The average Bonchev–Trinajstić information content (AvgIpc) is 2.48. The molecule has 0 fully saturated rings. The fourth-order valence-electron chi connectivity index (χ4n) is 2.05. The highest BCUT2D eigenvalue weighted by molar-refractivity contribution is 8.26. The number of benzene rings is 1. The minimum absolute atomic E-state index is 0.00855. The fraction of sp³-hybridized carbons (Fsp3) is 0.200. The van der Waals surface area contributed by atoms with Crippen LogP contribution < -0.4 is 9.44 Å². The molecule has 2 aliphatic rings. The van der Waals surface area contributed by atoms with Gasteiger partial charge in [0.2, 0.25) is 0 Å². The smallest absolute Gasteiger partial charge is 0.167 e. The van der Waals surface area contributed by atoms with Crippen LogP contribution in [0, 0.1) is 6.42 Å². The van der Waals surface area contributed by atoms with Crippen molar-refractivity contribution in [3.05, 3.63) is 29.7 Å². The molecule has 0 unspecified atom stereocenters. The molecule has 0 saturated carbocycles. The van der Waals surface area contributed by atoms with Crippen molar-refractivity contribution in [1.82, 2.24) is 0 Å². The second-order valence-electron chi connectivity index (χ2n) is 3.91. The molecular weight excluding hydrogens is 228 g/mol. The zero-order valence-electron chi connectivity index (χ0n) is 8.36. The molecule has 1 heterocycles. The van der Waals surface area contributed by atoms with E-state index in [0.29, 0.717) is 16.9 Å². The highest BCUT2D eigenvalue weighted by Gasteiger charge is 2.27. The van der Waals surface area contributed by atoms with Gasteiger partial charge in [0, 0.05) is 12.0 Å². The van der Waals surface area contributed by atoms with Crippen LogP contribution in [-0.2, 0) is 6.42 Å². The lowest BCUT2D eigenvalue weighted by Gasteiger charge is -2.26. The lowest BCUT2D eigenvalue weighted by molar-refractivity contribution is 0.102. The molecule has 0 aromatic heterocycles. The monoisotopic (exact) mass is 239 g/mol. The third kappa shape index (κ3) is 1.46. The molecule has 1 aliphatic carbocycles. The fourth-order valence-corrected chi connectivity index (χ4v) is 3.05. The van der Waals surface area contributed by atoms with E-state index in [0.717, 1.165) is 18.4 Å². The summed E-state index contributed by atoms with van der Waals surface area (Å²) < 4.78 is 24.1. The molecule has 1 aromatic rings. The number of fused-ring (bicyclic) bond motifs is 2. The lowest BCUT2D eigenvalue weighted by Crippen LogP contribution is -2.11. The predicted molar refractivity (Wildman–Crippen MR) is 63.5 cm³/mol. The first kappa shape index (κ1) is 9.95. The molecule has 1 aromatic carbocycles. The number of carbonyl (C=O) groups excluding carboxylic acids is 1. The van der Waals surface area contributed by atoms with E-state index in [4.69, 9.17) is 0 Å². The van der Waals surface area contributed by atoms with Crippen LogP contribution in [0.3, 0.4) is 0 Å². The molecule has 3 rings (SSSR count). The van der Waals surface area contributed by atoms with E-state index in [1.54, 1.807) is 12.5 Å². The summed E-state index contributed by atoms with van der Waals surface area (Å²) in [5, 5.41) is 0. The topological polar surface area (TPSA) is 81.6 Å². The third-order valence-electron chi connectivity index (χ3n) is 2.76. The van der Waals surface area contributed by atoms with Gasteiger partial charge < -0.3 is 0 Å². The Morgan fingerprint density at radius 2 is 1.88 bits per heavy atom. The van der Waals surface area contributed by atoms with Crippen molar-refractivity contribution >= 4 is 28.1 Å². The molecule has 5 nitrogen and oxygen atoms in total. The lowest BCUT2D eigenvalue weighted by atomic mass is 9.90. The van der Waals surface area contributed by atoms with E-state index in [1.165, 1.54) is 0 Å². The summed E-state index contributed by atoms with van der Waals surface area (Å²) in [4.78, 5) is 11.6. The summed E-state index contributed by atoms with van der Waals surface area (Å²) >= 11 is 0. The number of anilines is 2. The van der Waals surface area contributed by atoms with Crippen molar-refractivity contribution in [2.75, 3.05) is 9.44 Å². The van der Waals surface area contributed by atoms with Gasteiger partial charge in [0.05, 0.1) is 11.4 Å². The first-order valence-corrected chi connectivity index (χ1v) is 6.48. The SMILES string of the molecule is O=C1[CH]CCc2cc3c(cc21)NS(O)(O)N3. The largest absolute Gasteiger partial charge is 0.294 e. The first-order valence-electron chi connectivity index (χ1n) is 4.93. The van der Waals surface area contributed by atoms with Gasteiger partial charge in [-0.25, -0.2) is 0 Å². The van der Waals surface area contributed by atoms with E-state index < -0.39 is 11.0 Å². The number of hydrogen-bond donors (Lipinski definition) is 4. The van der Waals surface area contributed by atoms with Crippen LogP contribution in [0.15, 0.2) is 12.1 Å². The van der Waals surface area contributed by atoms with E-state index in [1.807, 2.05) is 6.07 Å². The van der Waals surface area contributed by atoms with Crippen molar-refractivity contribution in [1.29, 1.82) is 0 Å². The summed E-state index contributed by atoms with van der Waals surface area (Å²) in [6.07, 6.45) is 3.22. The quantitative estimate of drug-likeness (QED) is 0.559. The molecule has 0 amide bonds. The Balaban J connectivity index is 2.10. The van der Waals surface area contributed by atoms with Crippen LogP contribution in [0.25, 0.3) is 0 Å². The van der Waals surface area contributed by atoms with E-state index in [-0.39, 0.29) is 5.78 Å². The van der Waals surface area contributed by atoms with Gasteiger partial charge in [-0.3, -0.25) is 23.3 Å². The van der Waals surface area contributed by atoms with Gasteiger partial charge in [-0.2, -0.15) is 0 Å². The highest BCUT2D eigenvalue weighted by Crippen LogP contribution is 2.50. The number of aryl methyl sites for hydroxylation is 1. The molecule has 0 spiro atoms. The summed E-state index contributed by atoms with van der Waals surface area (Å²) in [5.74, 6) is 0.00855. The molecule has 4 N–H and O–H groups in total. The standard InChI is InChI=1S/C10H11N2O3S/c13-10-3-1-2-6-4-8-9(5-7(6)10)12-16(14,15)11-8/h3-5,11-12,14-15H,1-2H2. The second kappa shape index (κ2) is 3.13. The molecule has 0 bridgehead atoms. The summed E-state index contributed by atoms with van der Waals surface area (Å²) in [6.45, 7) is 0. The maximum absolute atomic E-state index is 11.6. The summed E-state index contributed by atoms with van der Waals surface area (Å²) in [7, 11) is -2.97. The number of rotatable bonds is 0. The predicted octanol–water partition coefficient (Wildman–Crippen LogP) is 2.44. The highest BCUT2D eigenvalue weighted by atomic mass is 32.3. The maximum Gasteiger partial charge on any atom is 0.167 e. The number of carbonyl (C=O) groups is 1. The number of Topliss-reactive ketones (excluding diaryl/α,β-unsaturated/α-hetero) is 1. The Labute approximate surface area is 94.5 Å². The van der Waals surface area contributed by atoms with Crippen LogP contribution in [-0.4, -0.2) is 14.9 Å². The maximum atomic E-state index is 11.6. The van der Waals surface area contributed by atoms with Crippen LogP contribution in [0.1, 0.15) is 22.3 Å². The molecular formula is C10H11N2O3S. The average molecular weight is 239 g/mol. The second-order valence-corrected chi connectivity index (χ2v) is 5.42. The Bertz CT molecular complexity index is 487. The molecule has 1 aliphatic heterocycles. The molecule has 16 heavy (non-hydrogen) atoms. The zero-order valence-corrected chi connectivity index (χ0v) is 9.17. The van der Waals surface area contributed by atoms with Crippen LogP contribution in [0.5, 0.6) is 0 Å². The molecule has 1 radical (unpaired) electrons. The molecule has 85 valence electrons. The van der Waals surface area contributed by atoms with Gasteiger partial charge in [0.1, 0.15) is 0 Å². The van der Waals surface area contributed by atoms with Crippen LogP contribution >= 0.6 is 11.0 Å². The Morgan fingerprint density at radius 1 is 1.19 bits per heavy atom. The van der Waals surface area contributed by atoms with E-state index in [2.05, 4.69) is 9.44 Å². The first-order chi connectivity index (χ1) is 7.55. The van der Waals surface area contributed by atoms with Crippen molar-refractivity contribution < 1.29 is 13.9 Å². The van der Waals surface area contributed by atoms with Gasteiger partial charge in [0.15, 0.2) is 5.78 Å². The van der Waals surface area contributed by atoms with Gasteiger partial charge in [-0.1, -0.05) is 0 Å². The third-order valence-corrected chi connectivity index (χ3v) is 3.77. The van der Waals surface area contributed by atoms with Gasteiger partial charge in [-0.15, -0.1) is 0 Å². The van der Waals surface area contributed by atoms with Crippen molar-refractivity contribution in [3.8, 4) is 0 Å². The van der Waals surface area contributed by atoms with E-state index >= 15 is 0 Å². The van der Waals surface area contributed by atoms with Crippen LogP contribution in [0.2, 0.25) is 0 Å². The normalized spacial score (nSPS) is 22.8. The number of nitrogens with one attached hydrogen (secondary N) is 2. The van der Waals surface area contributed by atoms with Gasteiger partial charge in [-0.05, 0) is 41.5 Å². The van der Waals surface area contributed by atoms with E-state index in [9.17, 15) is 13.9 Å². The molecule has 6 heteroatoms. The zero-order chi connectivity index (χ0) is 11.3. The summed E-state index contributed by atoms with van der Waals surface area (Å²) in [6, 6.07) is 3.49. The number of hydrogen-bond acceptors (Lipinski definition) is 5. The Hall–Kier alpha value is -1.24.